The van der Waals surface area contributed by atoms with E-state index < -0.39 is 0 Å². The average Bonchev–Trinajstić information content (AvgIpc) is 3.29. The van der Waals surface area contributed by atoms with Crippen LogP contribution < -0.4 is 5.32 Å². The predicted molar refractivity (Wildman–Crippen MR) is 107 cm³/mol. The van der Waals surface area contributed by atoms with Crippen LogP contribution in [0, 0.1) is 34.5 Å². The number of hydrogen-bond donors (Lipinski definition) is 1. The van der Waals surface area contributed by atoms with Gasteiger partial charge in [-0.15, -0.1) is 0 Å². The van der Waals surface area contributed by atoms with Crippen molar-refractivity contribution in [3.05, 3.63) is 0 Å². The molecule has 5 aliphatic rings. The molecule has 0 aromatic carbocycles. The topological polar surface area (TPSA) is 67.8 Å². The Morgan fingerprint density at radius 1 is 1.04 bits per heavy atom. The second-order valence-corrected chi connectivity index (χ2v) is 10.6. The molecule has 4 aliphatic carbocycles. The van der Waals surface area contributed by atoms with E-state index in [1.165, 1.54) is 0 Å². The van der Waals surface area contributed by atoms with Crippen LogP contribution in [0.4, 0.5) is 0 Å². The lowest BCUT2D eigenvalue weighted by Gasteiger charge is -2.58. The molecule has 0 spiro atoms. The van der Waals surface area contributed by atoms with Crippen LogP contribution in [0.3, 0.4) is 0 Å². The molecular formula is C23H34N2O3. The van der Waals surface area contributed by atoms with Crippen LogP contribution in [0.15, 0.2) is 5.16 Å². The van der Waals surface area contributed by atoms with Crippen molar-refractivity contribution in [2.45, 2.75) is 77.7 Å². The third-order valence-corrected chi connectivity index (χ3v) is 9.35. The zero-order valence-electron chi connectivity index (χ0n) is 17.3. The molecule has 4 saturated carbocycles. The van der Waals surface area contributed by atoms with E-state index in [0.717, 1.165) is 70.2 Å². The number of carbonyl (C=O) groups is 2. The Balaban J connectivity index is 1.35. The molecule has 1 N–H and O–H groups in total. The smallest absolute Gasteiger partial charge is 0.141 e. The summed E-state index contributed by atoms with van der Waals surface area (Å²) >= 11 is 0. The summed E-state index contributed by atoms with van der Waals surface area (Å²) < 4.78 is 0. The van der Waals surface area contributed by atoms with Gasteiger partial charge in [0, 0.05) is 37.1 Å². The summed E-state index contributed by atoms with van der Waals surface area (Å²) in [4.78, 5) is 31.6. The average molecular weight is 387 g/mol. The first-order chi connectivity index (χ1) is 13.4. The zero-order valence-corrected chi connectivity index (χ0v) is 17.3. The highest BCUT2D eigenvalue weighted by Crippen LogP contribution is 2.64. The third kappa shape index (κ3) is 2.72. The second-order valence-electron chi connectivity index (χ2n) is 10.6. The summed E-state index contributed by atoms with van der Waals surface area (Å²) in [6, 6.07) is 0. The Labute approximate surface area is 168 Å². The van der Waals surface area contributed by atoms with Crippen molar-refractivity contribution in [2.24, 2.45) is 39.7 Å². The molecule has 0 aromatic heterocycles. The molecule has 5 nitrogen and oxygen atoms in total. The fourth-order valence-corrected chi connectivity index (χ4v) is 7.57. The van der Waals surface area contributed by atoms with Gasteiger partial charge in [0.1, 0.15) is 17.7 Å². The number of ketones is 2. The number of nitrogens with zero attached hydrogens (tertiary/aromatic N) is 1. The van der Waals surface area contributed by atoms with E-state index in [0.29, 0.717) is 35.7 Å². The molecule has 0 aromatic rings. The highest BCUT2D eigenvalue weighted by atomic mass is 16.6. The molecule has 154 valence electrons. The predicted octanol–water partition coefficient (Wildman–Crippen LogP) is 3.51. The molecule has 0 amide bonds. The van der Waals surface area contributed by atoms with Crippen LogP contribution in [0.5, 0.6) is 0 Å². The number of hydrogen-bond acceptors (Lipinski definition) is 5. The van der Waals surface area contributed by atoms with Gasteiger partial charge in [0.2, 0.25) is 0 Å². The first-order valence-electron chi connectivity index (χ1n) is 11.4. The van der Waals surface area contributed by atoms with Crippen molar-refractivity contribution < 1.29 is 14.4 Å². The van der Waals surface area contributed by atoms with E-state index in [-0.39, 0.29) is 22.9 Å². The lowest BCUT2D eigenvalue weighted by atomic mass is 9.45. The van der Waals surface area contributed by atoms with Crippen LogP contribution in [0.25, 0.3) is 0 Å². The Bertz CT molecular complexity index is 713. The molecule has 0 bridgehead atoms. The number of rotatable bonds is 2. The normalized spacial score (nSPS) is 49.6. The summed E-state index contributed by atoms with van der Waals surface area (Å²) in [5.41, 5.74) is 0.994. The molecule has 5 rings (SSSR count). The van der Waals surface area contributed by atoms with Gasteiger partial charge in [-0.25, -0.2) is 0 Å². The standard InChI is InChI=1S/C23H34N2O3/c1-22-8-5-14(25-28-15-7-10-24-13-15)11-19(22)20(26)12-16-17-3-4-21(27)23(17,2)9-6-18(16)22/h15-19,24H,3-13H2,1-2H3/b25-14-/t15-,16?,17?,18?,19?,22-,23+/m1/s1. The third-order valence-electron chi connectivity index (χ3n) is 9.35. The molecule has 28 heavy (non-hydrogen) atoms. The minimum atomic E-state index is -0.158. The van der Waals surface area contributed by atoms with Crippen molar-refractivity contribution in [1.82, 2.24) is 5.32 Å². The summed E-state index contributed by atoms with van der Waals surface area (Å²) in [7, 11) is 0. The van der Waals surface area contributed by atoms with E-state index in [1.807, 2.05) is 0 Å². The van der Waals surface area contributed by atoms with Gasteiger partial charge in [0.15, 0.2) is 0 Å². The fraction of sp³-hybridized carbons (Fsp3) is 0.870. The van der Waals surface area contributed by atoms with Gasteiger partial charge in [0.25, 0.3) is 0 Å². The van der Waals surface area contributed by atoms with E-state index >= 15 is 0 Å². The minimum Gasteiger partial charge on any atom is -0.391 e. The highest BCUT2D eigenvalue weighted by molar-refractivity contribution is 5.93. The lowest BCUT2D eigenvalue weighted by molar-refractivity contribution is -0.152. The monoisotopic (exact) mass is 386 g/mol. The SMILES string of the molecule is C[C@]12CC/C(=N/O[C@@H]3CCNC3)CC1C(=O)CC1C2CC[C@]2(C)C(=O)CCC12. The Morgan fingerprint density at radius 3 is 2.68 bits per heavy atom. The second kappa shape index (κ2) is 6.65. The Morgan fingerprint density at radius 2 is 1.89 bits per heavy atom. The van der Waals surface area contributed by atoms with Crippen molar-refractivity contribution in [3.8, 4) is 0 Å². The molecular weight excluding hydrogens is 352 g/mol. The molecule has 4 unspecified atom stereocenters. The van der Waals surface area contributed by atoms with Crippen molar-refractivity contribution in [3.63, 3.8) is 0 Å². The first-order valence-corrected chi connectivity index (χ1v) is 11.4. The van der Waals surface area contributed by atoms with Crippen LogP contribution in [-0.4, -0.2) is 36.5 Å². The van der Waals surface area contributed by atoms with E-state index in [2.05, 4.69) is 24.3 Å². The maximum absolute atomic E-state index is 13.3. The van der Waals surface area contributed by atoms with Crippen LogP contribution in [0.2, 0.25) is 0 Å². The van der Waals surface area contributed by atoms with E-state index in [1.54, 1.807) is 0 Å². The molecule has 1 saturated heterocycles. The van der Waals surface area contributed by atoms with Gasteiger partial charge in [0.05, 0.1) is 5.71 Å². The molecule has 1 heterocycles. The molecule has 7 atom stereocenters. The van der Waals surface area contributed by atoms with Gasteiger partial charge in [-0.1, -0.05) is 19.0 Å². The maximum Gasteiger partial charge on any atom is 0.141 e. The fourth-order valence-electron chi connectivity index (χ4n) is 7.57. The number of oxime groups is 1. The van der Waals surface area contributed by atoms with Crippen molar-refractivity contribution >= 4 is 17.3 Å². The van der Waals surface area contributed by atoms with Gasteiger partial charge in [-0.05, 0) is 68.2 Å². The summed E-state index contributed by atoms with van der Waals surface area (Å²) in [5, 5.41) is 7.78. The lowest BCUT2D eigenvalue weighted by Crippen LogP contribution is -2.56. The Kier molecular flexibility index (Phi) is 4.46. The number of carbonyl (C=O) groups excluding carboxylic acids is 2. The van der Waals surface area contributed by atoms with Crippen molar-refractivity contribution in [2.75, 3.05) is 13.1 Å². The van der Waals surface area contributed by atoms with Gasteiger partial charge in [-0.3, -0.25) is 9.59 Å². The summed E-state index contributed by atoms with van der Waals surface area (Å²) in [5.74, 6) is 2.38. The minimum absolute atomic E-state index is 0.0703. The molecule has 0 radical (unpaired) electrons. The molecule has 1 aliphatic heterocycles. The quantitative estimate of drug-likeness (QED) is 0.738. The maximum atomic E-state index is 13.3. The first kappa shape index (κ1) is 18.8. The van der Waals surface area contributed by atoms with Gasteiger partial charge < -0.3 is 10.2 Å². The number of Topliss-reactive ketones (excluding diaryl/α,β-unsaturated/α-hetero) is 2. The highest BCUT2D eigenvalue weighted by Gasteiger charge is 2.62. The van der Waals surface area contributed by atoms with Gasteiger partial charge in [-0.2, -0.15) is 0 Å². The summed E-state index contributed by atoms with van der Waals surface area (Å²) in [6.45, 7) is 6.42. The molecule has 5 fully saturated rings. The number of fused-ring (bicyclic) bond motifs is 5. The Hall–Kier alpha value is -1.23. The molecule has 5 heteroatoms. The van der Waals surface area contributed by atoms with Crippen LogP contribution in [0.1, 0.15) is 71.6 Å². The largest absolute Gasteiger partial charge is 0.391 e. The van der Waals surface area contributed by atoms with E-state index in [9.17, 15) is 9.59 Å². The number of nitrogens with one attached hydrogen (secondary N) is 1. The summed E-state index contributed by atoms with van der Waals surface area (Å²) in [6.07, 6.45) is 8.50. The van der Waals surface area contributed by atoms with Crippen LogP contribution >= 0.6 is 0 Å². The van der Waals surface area contributed by atoms with E-state index in [4.69, 9.17) is 4.84 Å². The van der Waals surface area contributed by atoms with Crippen molar-refractivity contribution in [1.29, 1.82) is 0 Å². The zero-order chi connectivity index (χ0) is 19.5. The van der Waals surface area contributed by atoms with Crippen LogP contribution in [-0.2, 0) is 14.4 Å². The van der Waals surface area contributed by atoms with Gasteiger partial charge >= 0.3 is 0 Å².